The van der Waals surface area contributed by atoms with Gasteiger partial charge < -0.3 is 14.7 Å². The zero-order chi connectivity index (χ0) is 18.0. The van der Waals surface area contributed by atoms with Crippen LogP contribution in [0.15, 0.2) is 18.3 Å². The zero-order valence-corrected chi connectivity index (χ0v) is 16.1. The maximum atomic E-state index is 12.8. The van der Waals surface area contributed by atoms with Gasteiger partial charge in [-0.1, -0.05) is 13.8 Å². The first kappa shape index (κ1) is 18.2. The Hall–Kier alpha value is -1.62. The maximum Gasteiger partial charge on any atom is 0.254 e. The average molecular weight is 345 g/mol. The predicted molar refractivity (Wildman–Crippen MR) is 102 cm³/mol. The van der Waals surface area contributed by atoms with Crippen LogP contribution >= 0.6 is 0 Å². The Morgan fingerprint density at radius 1 is 1.20 bits per heavy atom. The Morgan fingerprint density at radius 3 is 2.52 bits per heavy atom. The summed E-state index contributed by atoms with van der Waals surface area (Å²) in [4.78, 5) is 24.0. The maximum absolute atomic E-state index is 12.8. The van der Waals surface area contributed by atoms with Crippen LogP contribution in [0.4, 0.5) is 5.82 Å². The van der Waals surface area contributed by atoms with E-state index in [4.69, 9.17) is 0 Å². The normalized spacial score (nSPS) is 24.4. The van der Waals surface area contributed by atoms with Crippen LogP contribution in [0.3, 0.4) is 0 Å². The largest absolute Gasteiger partial charge is 0.355 e. The van der Waals surface area contributed by atoms with E-state index in [1.54, 1.807) is 6.20 Å². The lowest BCUT2D eigenvalue weighted by Gasteiger charge is -2.27. The highest BCUT2D eigenvalue weighted by atomic mass is 16.2. The van der Waals surface area contributed by atoms with Crippen LogP contribution < -0.4 is 4.90 Å². The average Bonchev–Trinajstić information content (AvgIpc) is 3.08. The number of pyridine rings is 1. The number of likely N-dealkylation sites (N-methyl/N-ethyl adjacent to an activating group) is 1. The zero-order valence-electron chi connectivity index (χ0n) is 16.1. The summed E-state index contributed by atoms with van der Waals surface area (Å²) in [5.74, 6) is 2.36. The van der Waals surface area contributed by atoms with Crippen LogP contribution in [-0.4, -0.2) is 67.0 Å². The lowest BCUT2D eigenvalue weighted by atomic mass is 9.91. The highest BCUT2D eigenvalue weighted by molar-refractivity contribution is 5.94. The van der Waals surface area contributed by atoms with Crippen molar-refractivity contribution in [2.45, 2.75) is 39.2 Å². The molecule has 2 aliphatic heterocycles. The first-order valence-corrected chi connectivity index (χ1v) is 9.64. The molecule has 0 unspecified atom stereocenters. The van der Waals surface area contributed by atoms with Crippen LogP contribution in [0.5, 0.6) is 0 Å². The summed E-state index contributed by atoms with van der Waals surface area (Å²) in [6.45, 7) is 8.36. The molecular weight excluding hydrogens is 312 g/mol. The molecule has 0 N–H and O–H groups in total. The van der Waals surface area contributed by atoms with E-state index in [1.165, 1.54) is 6.42 Å². The monoisotopic (exact) mass is 344 g/mol. The molecule has 1 aromatic heterocycles. The molecule has 2 aliphatic rings. The van der Waals surface area contributed by atoms with Crippen LogP contribution in [0.2, 0.25) is 0 Å². The molecule has 3 rings (SSSR count). The molecule has 5 nitrogen and oxygen atoms in total. The summed E-state index contributed by atoms with van der Waals surface area (Å²) >= 11 is 0. The third-order valence-electron chi connectivity index (χ3n) is 5.81. The quantitative estimate of drug-likeness (QED) is 0.842. The van der Waals surface area contributed by atoms with Gasteiger partial charge in [0.15, 0.2) is 0 Å². The van der Waals surface area contributed by atoms with Crippen LogP contribution in [0.1, 0.15) is 43.5 Å². The molecular formula is C20H32N4O. The van der Waals surface area contributed by atoms with Crippen molar-refractivity contribution in [1.29, 1.82) is 0 Å². The van der Waals surface area contributed by atoms with Crippen molar-refractivity contribution < 1.29 is 4.79 Å². The van der Waals surface area contributed by atoms with Gasteiger partial charge in [0, 0.05) is 44.0 Å². The molecule has 0 aliphatic carbocycles. The molecule has 1 aromatic rings. The number of aromatic nitrogens is 1. The van der Waals surface area contributed by atoms with E-state index < -0.39 is 0 Å². The van der Waals surface area contributed by atoms with Gasteiger partial charge in [-0.25, -0.2) is 4.98 Å². The van der Waals surface area contributed by atoms with Gasteiger partial charge in [-0.05, 0) is 57.3 Å². The van der Waals surface area contributed by atoms with Gasteiger partial charge in [0.1, 0.15) is 5.82 Å². The third-order valence-corrected chi connectivity index (χ3v) is 5.81. The number of carbonyl (C=O) groups excluding carboxylic acids is 1. The topological polar surface area (TPSA) is 39.7 Å². The van der Waals surface area contributed by atoms with Crippen LogP contribution in [0.25, 0.3) is 0 Å². The fraction of sp³-hybridized carbons (Fsp3) is 0.700. The molecule has 0 bridgehead atoms. The second-order valence-electron chi connectivity index (χ2n) is 8.10. The van der Waals surface area contributed by atoms with Crippen LogP contribution in [0, 0.1) is 11.8 Å². The standard InChI is InChI=1S/C20H32N4O/c1-15(2)17-13-24(14-18(17)22(3)4)19-12-16(8-9-21-19)20(25)23-10-6-5-7-11-23/h8-9,12,15,17-18H,5-7,10-11,13-14H2,1-4H3/t17-,18+/m1/s1. The molecule has 2 fully saturated rings. The molecule has 0 spiro atoms. The molecule has 0 radical (unpaired) electrons. The smallest absolute Gasteiger partial charge is 0.254 e. The second-order valence-corrected chi connectivity index (χ2v) is 8.10. The Morgan fingerprint density at radius 2 is 1.92 bits per heavy atom. The summed E-state index contributed by atoms with van der Waals surface area (Å²) in [5.41, 5.74) is 0.779. The molecule has 5 heteroatoms. The van der Waals surface area contributed by atoms with Gasteiger partial charge in [0.25, 0.3) is 5.91 Å². The number of piperidine rings is 1. The number of anilines is 1. The Balaban J connectivity index is 1.76. The minimum Gasteiger partial charge on any atom is -0.355 e. The number of nitrogens with zero attached hydrogens (tertiary/aromatic N) is 4. The van der Waals surface area contributed by atoms with Gasteiger partial charge in [0.05, 0.1) is 0 Å². The summed E-state index contributed by atoms with van der Waals surface area (Å²) in [7, 11) is 4.32. The lowest BCUT2D eigenvalue weighted by molar-refractivity contribution is 0.0724. The molecule has 2 saturated heterocycles. The molecule has 1 amide bonds. The Bertz CT molecular complexity index is 579. The van der Waals surface area contributed by atoms with Crippen LogP contribution in [-0.2, 0) is 0 Å². The van der Waals surface area contributed by atoms with Gasteiger partial charge in [-0.3, -0.25) is 4.79 Å². The summed E-state index contributed by atoms with van der Waals surface area (Å²) in [5, 5.41) is 0. The minimum absolute atomic E-state index is 0.159. The number of amides is 1. The number of carbonyl (C=O) groups is 1. The van der Waals surface area contributed by atoms with E-state index in [0.29, 0.717) is 17.9 Å². The summed E-state index contributed by atoms with van der Waals surface area (Å²) in [6, 6.07) is 4.38. The highest BCUT2D eigenvalue weighted by Gasteiger charge is 2.36. The van der Waals surface area contributed by atoms with Crippen molar-refractivity contribution in [1.82, 2.24) is 14.8 Å². The minimum atomic E-state index is 0.159. The molecule has 0 aromatic carbocycles. The van der Waals surface area contributed by atoms with E-state index in [2.05, 4.69) is 42.7 Å². The van der Waals surface area contributed by atoms with Crippen molar-refractivity contribution in [2.24, 2.45) is 11.8 Å². The van der Waals surface area contributed by atoms with Crippen molar-refractivity contribution in [3.05, 3.63) is 23.9 Å². The van der Waals surface area contributed by atoms with E-state index in [-0.39, 0.29) is 5.91 Å². The second kappa shape index (κ2) is 7.73. The molecule has 25 heavy (non-hydrogen) atoms. The SMILES string of the molecule is CC(C)[C@H]1CN(c2cc(C(=O)N3CCCCC3)ccn2)C[C@@H]1N(C)C. The molecule has 3 heterocycles. The first-order chi connectivity index (χ1) is 12.0. The highest BCUT2D eigenvalue weighted by Crippen LogP contribution is 2.30. The van der Waals surface area contributed by atoms with Crippen molar-refractivity contribution in [3.8, 4) is 0 Å². The summed E-state index contributed by atoms with van der Waals surface area (Å²) < 4.78 is 0. The number of rotatable bonds is 4. The van der Waals surface area contributed by atoms with E-state index >= 15 is 0 Å². The predicted octanol–water partition coefficient (Wildman–Crippen LogP) is 2.73. The third kappa shape index (κ3) is 3.97. The van der Waals surface area contributed by atoms with Gasteiger partial charge in [-0.15, -0.1) is 0 Å². The first-order valence-electron chi connectivity index (χ1n) is 9.64. The lowest BCUT2D eigenvalue weighted by Crippen LogP contribution is -2.37. The number of hydrogen-bond acceptors (Lipinski definition) is 4. The number of hydrogen-bond donors (Lipinski definition) is 0. The van der Waals surface area contributed by atoms with E-state index in [9.17, 15) is 4.79 Å². The Kier molecular flexibility index (Phi) is 5.62. The van der Waals surface area contributed by atoms with Gasteiger partial charge >= 0.3 is 0 Å². The summed E-state index contributed by atoms with van der Waals surface area (Å²) in [6.07, 6.45) is 5.27. The van der Waals surface area contributed by atoms with Gasteiger partial charge in [-0.2, -0.15) is 0 Å². The number of likely N-dealkylation sites (tertiary alicyclic amines) is 1. The van der Waals surface area contributed by atoms with Crippen molar-refractivity contribution >= 4 is 11.7 Å². The fourth-order valence-electron chi connectivity index (χ4n) is 4.20. The van der Waals surface area contributed by atoms with E-state index in [1.807, 2.05) is 17.0 Å². The fourth-order valence-corrected chi connectivity index (χ4v) is 4.20. The van der Waals surface area contributed by atoms with Crippen molar-refractivity contribution in [2.75, 3.05) is 45.2 Å². The van der Waals surface area contributed by atoms with Gasteiger partial charge in [0.2, 0.25) is 0 Å². The van der Waals surface area contributed by atoms with Crippen molar-refractivity contribution in [3.63, 3.8) is 0 Å². The molecule has 0 saturated carbocycles. The molecule has 2 atom stereocenters. The molecule has 138 valence electrons. The van der Waals surface area contributed by atoms with E-state index in [0.717, 1.165) is 50.4 Å². The Labute approximate surface area is 152 Å².